The highest BCUT2D eigenvalue weighted by Crippen LogP contribution is 2.47. The summed E-state index contributed by atoms with van der Waals surface area (Å²) in [5, 5.41) is 8.30. The topological polar surface area (TPSA) is 35.6 Å². The van der Waals surface area contributed by atoms with Gasteiger partial charge in [-0.2, -0.15) is 0 Å². The Labute approximate surface area is 284 Å². The first-order chi connectivity index (χ1) is 24.3. The number of aromatic nitrogens is 4. The number of rotatable bonds is 3. The van der Waals surface area contributed by atoms with Crippen molar-refractivity contribution in [2.45, 2.75) is 0 Å². The van der Waals surface area contributed by atoms with Crippen molar-refractivity contribution in [1.82, 2.24) is 19.1 Å². The van der Waals surface area contributed by atoms with Gasteiger partial charge in [-0.3, -0.25) is 4.57 Å². The molecule has 0 N–H and O–H groups in total. The van der Waals surface area contributed by atoms with E-state index in [1.54, 1.807) is 0 Å². The summed E-state index contributed by atoms with van der Waals surface area (Å²) in [5.74, 6) is 0.675. The predicted octanol–water partition coefficient (Wildman–Crippen LogP) is 11.9. The molecular weight excluding hydrogens is 617 g/mol. The van der Waals surface area contributed by atoms with Gasteiger partial charge in [0.25, 0.3) is 0 Å². The van der Waals surface area contributed by atoms with Gasteiger partial charge in [-0.15, -0.1) is 11.3 Å². The zero-order valence-corrected chi connectivity index (χ0v) is 27.0. The van der Waals surface area contributed by atoms with Crippen molar-refractivity contribution in [2.75, 3.05) is 0 Å². The molecule has 4 nitrogen and oxygen atoms in total. The van der Waals surface area contributed by atoms with Gasteiger partial charge in [0.15, 0.2) is 0 Å². The molecule has 0 bridgehead atoms. The van der Waals surface area contributed by atoms with Gasteiger partial charge in [0.2, 0.25) is 5.95 Å². The molecule has 0 atom stereocenters. The zero-order chi connectivity index (χ0) is 32.1. The molecule has 228 valence electrons. The number of fused-ring (bicyclic) bond motifs is 12. The van der Waals surface area contributed by atoms with Crippen LogP contribution in [0.15, 0.2) is 158 Å². The number of thiophene rings is 1. The average Bonchev–Trinajstić information content (AvgIpc) is 3.82. The Balaban J connectivity index is 1.28. The van der Waals surface area contributed by atoms with E-state index < -0.39 is 0 Å². The van der Waals surface area contributed by atoms with Crippen LogP contribution in [-0.2, 0) is 0 Å². The summed E-state index contributed by atoms with van der Waals surface area (Å²) in [6.07, 6.45) is 0. The fourth-order valence-electron chi connectivity index (χ4n) is 7.81. The van der Waals surface area contributed by atoms with Crippen LogP contribution in [-0.4, -0.2) is 19.1 Å². The summed E-state index contributed by atoms with van der Waals surface area (Å²) in [7, 11) is 0. The second-order valence-electron chi connectivity index (χ2n) is 12.6. The monoisotopic (exact) mass is 642 g/mol. The summed E-state index contributed by atoms with van der Waals surface area (Å²) in [6.45, 7) is 0. The van der Waals surface area contributed by atoms with Crippen LogP contribution >= 0.6 is 11.3 Å². The first kappa shape index (κ1) is 26.7. The van der Waals surface area contributed by atoms with Gasteiger partial charge in [0.1, 0.15) is 0 Å². The van der Waals surface area contributed by atoms with E-state index in [9.17, 15) is 0 Å². The van der Waals surface area contributed by atoms with Gasteiger partial charge in [-0.05, 0) is 47.9 Å². The molecule has 0 aliphatic rings. The fraction of sp³-hybridized carbons (Fsp3) is 0. The van der Waals surface area contributed by atoms with Gasteiger partial charge < -0.3 is 4.57 Å². The molecule has 49 heavy (non-hydrogen) atoms. The third-order valence-corrected chi connectivity index (χ3v) is 11.2. The SMILES string of the molecule is c1ccc(-c2nc(-n3c4ccccc4c4c5sc6c7ccccc7n(-c7ccccc7)c6c5ccc43)nc3c2ccc2ccccc23)cc1. The smallest absolute Gasteiger partial charge is 0.235 e. The first-order valence-corrected chi connectivity index (χ1v) is 17.3. The van der Waals surface area contributed by atoms with E-state index in [0.29, 0.717) is 5.95 Å². The molecule has 0 spiro atoms. The summed E-state index contributed by atoms with van der Waals surface area (Å²) in [5.41, 5.74) is 8.81. The van der Waals surface area contributed by atoms with Crippen LogP contribution in [0, 0.1) is 0 Å². The Morgan fingerprint density at radius 1 is 0.429 bits per heavy atom. The summed E-state index contributed by atoms with van der Waals surface area (Å²) >= 11 is 1.89. The van der Waals surface area contributed by atoms with Crippen LogP contribution in [0.1, 0.15) is 0 Å². The lowest BCUT2D eigenvalue weighted by molar-refractivity contribution is 1.02. The number of hydrogen-bond donors (Lipinski definition) is 0. The maximum absolute atomic E-state index is 5.39. The Hall–Kier alpha value is -6.30. The number of nitrogens with zero attached hydrogens (tertiary/aromatic N) is 4. The molecule has 0 radical (unpaired) electrons. The second-order valence-corrected chi connectivity index (χ2v) is 13.6. The molecule has 4 aromatic heterocycles. The first-order valence-electron chi connectivity index (χ1n) is 16.5. The van der Waals surface area contributed by atoms with E-state index in [-0.39, 0.29) is 0 Å². The molecule has 11 aromatic rings. The summed E-state index contributed by atoms with van der Waals surface area (Å²) in [4.78, 5) is 10.8. The van der Waals surface area contributed by atoms with Gasteiger partial charge in [-0.25, -0.2) is 9.97 Å². The molecular formula is C44H26N4S. The van der Waals surface area contributed by atoms with Crippen LogP contribution in [0.25, 0.3) is 97.6 Å². The molecule has 0 saturated carbocycles. The lowest BCUT2D eigenvalue weighted by atomic mass is 10.0. The number of para-hydroxylation sites is 3. The molecule has 0 amide bonds. The largest absolute Gasteiger partial charge is 0.308 e. The van der Waals surface area contributed by atoms with Crippen molar-refractivity contribution in [1.29, 1.82) is 0 Å². The van der Waals surface area contributed by atoms with E-state index in [2.05, 4.69) is 167 Å². The molecule has 0 saturated heterocycles. The minimum atomic E-state index is 0.675. The van der Waals surface area contributed by atoms with E-state index in [1.165, 1.54) is 53.1 Å². The zero-order valence-electron chi connectivity index (χ0n) is 26.2. The molecule has 0 aliphatic heterocycles. The van der Waals surface area contributed by atoms with Crippen molar-refractivity contribution in [3.63, 3.8) is 0 Å². The van der Waals surface area contributed by atoms with Gasteiger partial charge in [0, 0.05) is 48.3 Å². The fourth-order valence-corrected chi connectivity index (χ4v) is 9.18. The van der Waals surface area contributed by atoms with Gasteiger partial charge in [0.05, 0.1) is 38.0 Å². The van der Waals surface area contributed by atoms with Crippen LogP contribution in [0.4, 0.5) is 0 Å². The van der Waals surface area contributed by atoms with Crippen molar-refractivity contribution in [2.24, 2.45) is 0 Å². The molecule has 0 fully saturated rings. The Morgan fingerprint density at radius 2 is 1.08 bits per heavy atom. The van der Waals surface area contributed by atoms with Crippen molar-refractivity contribution in [3.05, 3.63) is 158 Å². The van der Waals surface area contributed by atoms with Gasteiger partial charge >= 0.3 is 0 Å². The van der Waals surface area contributed by atoms with Crippen LogP contribution in [0.5, 0.6) is 0 Å². The third kappa shape index (κ3) is 3.73. The van der Waals surface area contributed by atoms with Gasteiger partial charge in [-0.1, -0.05) is 115 Å². The summed E-state index contributed by atoms with van der Waals surface area (Å²) < 4.78 is 7.28. The standard InChI is InChI=1S/C44H26N4S/c1-3-14-28(15-4-1)39-33-24-23-27-13-7-8-18-30(27)40(33)46-44(45-39)48-35-21-11-9-19-31(35)38-37(48)26-25-34-41-43(49-42(34)38)32-20-10-12-22-36(32)47(41)29-16-5-2-6-17-29/h1-26H. The Bertz CT molecular complexity index is 3100. The van der Waals surface area contributed by atoms with Crippen molar-refractivity contribution in [3.8, 4) is 22.9 Å². The van der Waals surface area contributed by atoms with E-state index in [1.807, 2.05) is 11.3 Å². The Morgan fingerprint density at radius 3 is 1.90 bits per heavy atom. The molecule has 5 heteroatoms. The molecule has 11 rings (SSSR count). The lowest BCUT2D eigenvalue weighted by Crippen LogP contribution is -2.03. The summed E-state index contributed by atoms with van der Waals surface area (Å²) in [6, 6.07) is 56.1. The second kappa shape index (κ2) is 10.1. The maximum Gasteiger partial charge on any atom is 0.235 e. The third-order valence-electron chi connectivity index (χ3n) is 9.92. The highest BCUT2D eigenvalue weighted by Gasteiger charge is 2.23. The number of benzene rings is 7. The number of hydrogen-bond acceptors (Lipinski definition) is 3. The predicted molar refractivity (Wildman–Crippen MR) is 207 cm³/mol. The van der Waals surface area contributed by atoms with Crippen LogP contribution in [0.2, 0.25) is 0 Å². The average molecular weight is 643 g/mol. The van der Waals surface area contributed by atoms with E-state index >= 15 is 0 Å². The molecule has 4 heterocycles. The van der Waals surface area contributed by atoms with Crippen molar-refractivity contribution >= 4 is 86.0 Å². The normalized spacial score (nSPS) is 12.1. The Kier molecular flexibility index (Phi) is 5.51. The van der Waals surface area contributed by atoms with Crippen molar-refractivity contribution < 1.29 is 0 Å². The highest BCUT2D eigenvalue weighted by molar-refractivity contribution is 7.27. The van der Waals surface area contributed by atoms with E-state index in [4.69, 9.17) is 9.97 Å². The quantitative estimate of drug-likeness (QED) is 0.180. The van der Waals surface area contributed by atoms with E-state index in [0.717, 1.165) is 38.6 Å². The molecule has 0 aliphatic carbocycles. The maximum atomic E-state index is 5.39. The molecule has 0 unspecified atom stereocenters. The lowest BCUT2D eigenvalue weighted by Gasteiger charge is -2.13. The highest BCUT2D eigenvalue weighted by atomic mass is 32.1. The van der Waals surface area contributed by atoms with Crippen LogP contribution in [0.3, 0.4) is 0 Å². The van der Waals surface area contributed by atoms with Crippen LogP contribution < -0.4 is 0 Å². The minimum absolute atomic E-state index is 0.675. The minimum Gasteiger partial charge on any atom is -0.308 e. The molecule has 7 aromatic carbocycles.